The monoisotopic (exact) mass is 550 g/mol. The van der Waals surface area contributed by atoms with Gasteiger partial charge in [-0.3, -0.25) is 9.69 Å². The standard InChI is InChI=1S/C27H21F7N4O/c1-37(2)24-12-8-19(35-36-24)4-3-13-38-23-11-7-18(28)14-16(23)5-9-21(25(38)39)20-10-6-17(26(29,30)31)15-22(20)27(32,33)34/h6-8,10-12,14-15,21H,5,9,13H2,1-2H3. The van der Waals surface area contributed by atoms with Crippen molar-refractivity contribution in [1.29, 1.82) is 0 Å². The summed E-state index contributed by atoms with van der Waals surface area (Å²) in [4.78, 5) is 16.5. The number of rotatable bonds is 3. The Morgan fingerprint density at radius 3 is 2.33 bits per heavy atom. The lowest BCUT2D eigenvalue weighted by Gasteiger charge is -2.26. The number of carbonyl (C=O) groups excluding carboxylic acids is 1. The van der Waals surface area contributed by atoms with Gasteiger partial charge in [-0.25, -0.2) is 4.39 Å². The van der Waals surface area contributed by atoms with E-state index in [0.29, 0.717) is 23.5 Å². The molecule has 5 nitrogen and oxygen atoms in total. The normalized spacial score (nSPS) is 15.8. The van der Waals surface area contributed by atoms with E-state index in [9.17, 15) is 35.5 Å². The zero-order valence-electron chi connectivity index (χ0n) is 20.7. The van der Waals surface area contributed by atoms with Crippen LogP contribution in [-0.2, 0) is 23.6 Å². The first-order valence-electron chi connectivity index (χ1n) is 11.6. The van der Waals surface area contributed by atoms with Crippen molar-refractivity contribution in [2.75, 3.05) is 30.4 Å². The van der Waals surface area contributed by atoms with Crippen molar-refractivity contribution in [2.45, 2.75) is 31.1 Å². The van der Waals surface area contributed by atoms with Gasteiger partial charge in [0.15, 0.2) is 5.82 Å². The molecule has 4 rings (SSSR count). The van der Waals surface area contributed by atoms with Gasteiger partial charge in [0.25, 0.3) is 0 Å². The molecule has 2 aromatic carbocycles. The molecule has 1 aliphatic heterocycles. The van der Waals surface area contributed by atoms with Gasteiger partial charge in [-0.05, 0) is 72.4 Å². The molecular weight excluding hydrogens is 529 g/mol. The van der Waals surface area contributed by atoms with Crippen molar-refractivity contribution >= 4 is 17.4 Å². The van der Waals surface area contributed by atoms with Crippen LogP contribution < -0.4 is 9.80 Å². The Morgan fingerprint density at radius 2 is 1.72 bits per heavy atom. The van der Waals surface area contributed by atoms with Crippen molar-refractivity contribution < 1.29 is 35.5 Å². The van der Waals surface area contributed by atoms with Crippen molar-refractivity contribution in [3.05, 3.63) is 82.3 Å². The lowest BCUT2D eigenvalue weighted by atomic mass is 9.88. The van der Waals surface area contributed by atoms with Gasteiger partial charge >= 0.3 is 12.4 Å². The Balaban J connectivity index is 1.74. The molecule has 0 bridgehead atoms. The first kappa shape index (κ1) is 27.9. The van der Waals surface area contributed by atoms with E-state index >= 15 is 0 Å². The average molecular weight is 550 g/mol. The van der Waals surface area contributed by atoms with Crippen LogP contribution in [-0.4, -0.2) is 36.7 Å². The Morgan fingerprint density at radius 1 is 0.974 bits per heavy atom. The maximum Gasteiger partial charge on any atom is 0.416 e. The number of aromatic nitrogens is 2. The fourth-order valence-electron chi connectivity index (χ4n) is 4.32. The van der Waals surface area contributed by atoms with E-state index in [1.807, 2.05) is 0 Å². The van der Waals surface area contributed by atoms with Crippen LogP contribution in [0.3, 0.4) is 0 Å². The highest BCUT2D eigenvalue weighted by Crippen LogP contribution is 2.42. The van der Waals surface area contributed by atoms with E-state index in [2.05, 4.69) is 22.0 Å². The van der Waals surface area contributed by atoms with Crippen molar-refractivity contribution in [3.8, 4) is 11.8 Å². The largest absolute Gasteiger partial charge is 0.416 e. The molecule has 0 N–H and O–H groups in total. The fraction of sp³-hybridized carbons (Fsp3) is 0.296. The molecule has 0 saturated carbocycles. The summed E-state index contributed by atoms with van der Waals surface area (Å²) >= 11 is 0. The van der Waals surface area contributed by atoms with Gasteiger partial charge in [-0.15, -0.1) is 10.2 Å². The molecule has 0 aliphatic carbocycles. The number of benzene rings is 2. The molecule has 2 heterocycles. The first-order valence-corrected chi connectivity index (χ1v) is 11.6. The Kier molecular flexibility index (Phi) is 7.54. The summed E-state index contributed by atoms with van der Waals surface area (Å²) in [6.45, 7) is -0.285. The highest BCUT2D eigenvalue weighted by atomic mass is 19.4. The maximum atomic E-state index is 14.0. The second kappa shape index (κ2) is 10.6. The average Bonchev–Trinajstić information content (AvgIpc) is 2.99. The van der Waals surface area contributed by atoms with Crippen LogP contribution in [0.4, 0.5) is 42.2 Å². The summed E-state index contributed by atoms with van der Waals surface area (Å²) < 4.78 is 95.3. The van der Waals surface area contributed by atoms with E-state index in [4.69, 9.17) is 0 Å². The van der Waals surface area contributed by atoms with E-state index < -0.39 is 46.7 Å². The predicted octanol–water partition coefficient (Wildman–Crippen LogP) is 5.83. The molecule has 1 atom stereocenters. The van der Waals surface area contributed by atoms with E-state index in [-0.39, 0.29) is 36.8 Å². The zero-order chi connectivity index (χ0) is 28.5. The van der Waals surface area contributed by atoms with E-state index in [0.717, 1.165) is 11.0 Å². The highest BCUT2D eigenvalue weighted by Gasteiger charge is 2.42. The summed E-state index contributed by atoms with van der Waals surface area (Å²) in [5, 5.41) is 7.96. The van der Waals surface area contributed by atoms with Crippen LogP contribution in [0.15, 0.2) is 48.5 Å². The third kappa shape index (κ3) is 6.13. The minimum atomic E-state index is -5.15. The number of nitrogens with zero attached hydrogens (tertiary/aromatic N) is 4. The summed E-state index contributed by atoms with van der Waals surface area (Å²) in [7, 11) is 3.55. The number of aryl methyl sites for hydroxylation is 1. The van der Waals surface area contributed by atoms with Crippen molar-refractivity contribution in [2.24, 2.45) is 0 Å². The quantitative estimate of drug-likeness (QED) is 0.304. The van der Waals surface area contributed by atoms with Crippen LogP contribution in [0.1, 0.15) is 40.3 Å². The van der Waals surface area contributed by atoms with Gasteiger partial charge in [-0.1, -0.05) is 12.0 Å². The van der Waals surface area contributed by atoms with Gasteiger partial charge in [0.05, 0.1) is 23.6 Å². The summed E-state index contributed by atoms with van der Waals surface area (Å²) in [5.41, 5.74) is -2.71. The molecule has 1 aliphatic rings. The molecule has 1 unspecified atom stereocenters. The van der Waals surface area contributed by atoms with Crippen LogP contribution >= 0.6 is 0 Å². The van der Waals surface area contributed by atoms with Crippen LogP contribution in [0.2, 0.25) is 0 Å². The van der Waals surface area contributed by atoms with Gasteiger partial charge in [0.2, 0.25) is 5.91 Å². The van der Waals surface area contributed by atoms with Gasteiger partial charge < -0.3 is 4.90 Å². The van der Waals surface area contributed by atoms with Gasteiger partial charge in [-0.2, -0.15) is 26.3 Å². The van der Waals surface area contributed by atoms with E-state index in [1.165, 1.54) is 12.1 Å². The molecule has 0 fully saturated rings. The minimum Gasteiger partial charge on any atom is -0.361 e. The molecule has 3 aromatic rings. The topological polar surface area (TPSA) is 49.3 Å². The SMILES string of the molecule is CN(C)c1ccc(C#CCN2C(=O)C(c3ccc(C(F)(F)F)cc3C(F)(F)F)CCc3cc(F)ccc32)nn1. The number of fused-ring (bicyclic) bond motifs is 1. The van der Waals surface area contributed by atoms with Crippen molar-refractivity contribution in [3.63, 3.8) is 0 Å². The van der Waals surface area contributed by atoms with E-state index in [1.54, 1.807) is 31.1 Å². The summed E-state index contributed by atoms with van der Waals surface area (Å²) in [5.74, 6) is 3.23. The predicted molar refractivity (Wildman–Crippen MR) is 129 cm³/mol. The molecule has 1 aromatic heterocycles. The summed E-state index contributed by atoms with van der Waals surface area (Å²) in [6.07, 6.45) is -10.3. The maximum absolute atomic E-state index is 14.0. The lowest BCUT2D eigenvalue weighted by molar-refractivity contribution is -0.143. The second-order valence-corrected chi connectivity index (χ2v) is 9.06. The van der Waals surface area contributed by atoms with Crippen LogP contribution in [0, 0.1) is 17.7 Å². The number of hydrogen-bond donors (Lipinski definition) is 0. The van der Waals surface area contributed by atoms with Crippen molar-refractivity contribution in [1.82, 2.24) is 10.2 Å². The number of amides is 1. The summed E-state index contributed by atoms with van der Waals surface area (Å²) in [6, 6.07) is 8.11. The molecule has 204 valence electrons. The van der Waals surface area contributed by atoms with Crippen LogP contribution in [0.5, 0.6) is 0 Å². The molecule has 0 spiro atoms. The Hall–Kier alpha value is -4.14. The Bertz CT molecular complexity index is 1440. The highest BCUT2D eigenvalue weighted by molar-refractivity contribution is 6.00. The smallest absolute Gasteiger partial charge is 0.361 e. The third-order valence-electron chi connectivity index (χ3n) is 6.22. The second-order valence-electron chi connectivity index (χ2n) is 9.06. The number of halogens is 7. The molecule has 0 saturated heterocycles. The number of carbonyl (C=O) groups is 1. The first-order chi connectivity index (χ1) is 18.3. The molecule has 1 amide bonds. The lowest BCUT2D eigenvalue weighted by Crippen LogP contribution is -2.35. The molecule has 12 heteroatoms. The zero-order valence-corrected chi connectivity index (χ0v) is 20.7. The minimum absolute atomic E-state index is 0.0144. The number of hydrogen-bond acceptors (Lipinski definition) is 4. The molecule has 0 radical (unpaired) electrons. The molecule has 39 heavy (non-hydrogen) atoms. The fourth-order valence-corrected chi connectivity index (χ4v) is 4.32. The third-order valence-corrected chi connectivity index (χ3v) is 6.22. The van der Waals surface area contributed by atoms with Gasteiger partial charge in [0.1, 0.15) is 11.5 Å². The number of anilines is 2. The molecular formula is C27H21F7N4O. The van der Waals surface area contributed by atoms with Gasteiger partial charge in [0, 0.05) is 19.8 Å². The van der Waals surface area contributed by atoms with Crippen LogP contribution in [0.25, 0.3) is 0 Å². The number of alkyl halides is 6. The Labute approximate surface area is 219 Å².